The molecule has 1 aliphatic heterocycles. The topological polar surface area (TPSA) is 80.2 Å². The van der Waals surface area contributed by atoms with E-state index in [9.17, 15) is 10.0 Å². The Hall–Kier alpha value is -2.24. The largest absolute Gasteiger partial charge is 0.454 e. The molecule has 1 aromatic rings. The van der Waals surface area contributed by atoms with E-state index in [-0.39, 0.29) is 23.5 Å². The Balaban J connectivity index is 1.65. The highest BCUT2D eigenvalue weighted by Crippen LogP contribution is 2.71. The molecule has 128 valence electrons. The first-order chi connectivity index (χ1) is 11.3. The number of anilines is 1. The second-order valence-electron chi connectivity index (χ2n) is 7.78. The Kier molecular flexibility index (Phi) is 2.96. The smallest absolute Gasteiger partial charge is 0.231 e. The van der Waals surface area contributed by atoms with Crippen molar-refractivity contribution in [2.75, 3.05) is 12.1 Å². The van der Waals surface area contributed by atoms with E-state index in [0.717, 1.165) is 18.6 Å². The van der Waals surface area contributed by atoms with Crippen molar-refractivity contribution in [3.63, 3.8) is 0 Å². The number of carbonyl (C=O) groups excluding carboxylic acids is 1. The maximum absolute atomic E-state index is 13.2. The third-order valence-electron chi connectivity index (χ3n) is 6.92. The number of rotatable bonds is 2. The number of benzene rings is 1. The van der Waals surface area contributed by atoms with Crippen LogP contribution in [0.1, 0.15) is 40.0 Å². The summed E-state index contributed by atoms with van der Waals surface area (Å²) in [5, 5.41) is 16.0. The summed E-state index contributed by atoms with van der Waals surface area (Å²) < 4.78 is 10.7. The molecule has 2 fully saturated rings. The maximum Gasteiger partial charge on any atom is 0.231 e. The van der Waals surface area contributed by atoms with Gasteiger partial charge in [-0.05, 0) is 30.4 Å². The minimum atomic E-state index is -0.556. The Morgan fingerprint density at radius 3 is 2.67 bits per heavy atom. The molecule has 2 atom stereocenters. The molecule has 0 aromatic heterocycles. The van der Waals surface area contributed by atoms with Crippen molar-refractivity contribution >= 4 is 17.3 Å². The first-order valence-electron chi connectivity index (χ1n) is 8.27. The molecule has 0 radical (unpaired) electrons. The number of hydrogen-bond acceptors (Lipinski definition) is 5. The summed E-state index contributed by atoms with van der Waals surface area (Å²) in [5.41, 5.74) is 0.354. The van der Waals surface area contributed by atoms with Crippen LogP contribution in [0.2, 0.25) is 0 Å². The molecule has 24 heavy (non-hydrogen) atoms. The summed E-state index contributed by atoms with van der Waals surface area (Å²) in [5.74, 6) is 1.31. The summed E-state index contributed by atoms with van der Waals surface area (Å²) in [6, 6.07) is 5.40. The van der Waals surface area contributed by atoms with Crippen LogP contribution in [-0.4, -0.2) is 23.6 Å². The number of ether oxygens (including phenoxy) is 2. The van der Waals surface area contributed by atoms with E-state index < -0.39 is 5.41 Å². The summed E-state index contributed by atoms with van der Waals surface area (Å²) in [4.78, 5) is 13.2. The Morgan fingerprint density at radius 1 is 1.21 bits per heavy atom. The molecule has 3 aliphatic rings. The predicted molar refractivity (Wildman–Crippen MR) is 88.6 cm³/mol. The monoisotopic (exact) mass is 330 g/mol. The number of carbonyl (C=O) groups is 1. The van der Waals surface area contributed by atoms with Gasteiger partial charge >= 0.3 is 0 Å². The lowest BCUT2D eigenvalue weighted by Gasteiger charge is -2.39. The van der Waals surface area contributed by atoms with Crippen molar-refractivity contribution in [2.24, 2.45) is 21.4 Å². The third kappa shape index (κ3) is 1.66. The number of nitrogens with one attached hydrogen (secondary N) is 1. The van der Waals surface area contributed by atoms with Crippen molar-refractivity contribution in [3.8, 4) is 11.5 Å². The SMILES string of the molecule is CC12CCC(C(=O)Nc3ccc4c(c3)OCO4)(CC1=NO)C2(C)C. The molecular weight excluding hydrogens is 308 g/mol. The molecule has 1 heterocycles. The van der Waals surface area contributed by atoms with E-state index in [1.807, 2.05) is 6.07 Å². The normalized spacial score (nSPS) is 33.9. The van der Waals surface area contributed by atoms with Crippen LogP contribution in [0.25, 0.3) is 0 Å². The molecule has 2 aliphatic carbocycles. The first kappa shape index (κ1) is 15.3. The van der Waals surface area contributed by atoms with Crippen molar-refractivity contribution in [1.82, 2.24) is 0 Å². The number of fused-ring (bicyclic) bond motifs is 3. The predicted octanol–water partition coefficient (Wildman–Crippen LogP) is 3.40. The molecule has 2 N–H and O–H groups in total. The highest BCUT2D eigenvalue weighted by Gasteiger charge is 2.71. The fraction of sp³-hybridized carbons (Fsp3) is 0.556. The van der Waals surface area contributed by atoms with Crippen LogP contribution < -0.4 is 14.8 Å². The highest BCUT2D eigenvalue weighted by molar-refractivity contribution is 6.06. The third-order valence-corrected chi connectivity index (χ3v) is 6.92. The lowest BCUT2D eigenvalue weighted by atomic mass is 9.64. The van der Waals surface area contributed by atoms with Gasteiger partial charge < -0.3 is 20.0 Å². The second kappa shape index (κ2) is 4.65. The van der Waals surface area contributed by atoms with Crippen LogP contribution in [0.5, 0.6) is 11.5 Å². The van der Waals surface area contributed by atoms with Gasteiger partial charge in [-0.3, -0.25) is 4.79 Å². The molecule has 1 aromatic carbocycles. The van der Waals surface area contributed by atoms with E-state index in [1.54, 1.807) is 12.1 Å². The minimum Gasteiger partial charge on any atom is -0.454 e. The zero-order chi connectivity index (χ0) is 17.2. The Morgan fingerprint density at radius 2 is 1.96 bits per heavy atom. The van der Waals surface area contributed by atoms with Gasteiger partial charge in [-0.2, -0.15) is 0 Å². The van der Waals surface area contributed by atoms with Crippen LogP contribution >= 0.6 is 0 Å². The molecule has 4 rings (SSSR count). The summed E-state index contributed by atoms with van der Waals surface area (Å²) in [6.45, 7) is 6.53. The van der Waals surface area contributed by atoms with Crippen LogP contribution in [0.4, 0.5) is 5.69 Å². The van der Waals surface area contributed by atoms with Gasteiger partial charge in [-0.25, -0.2) is 0 Å². The zero-order valence-electron chi connectivity index (χ0n) is 14.2. The summed E-state index contributed by atoms with van der Waals surface area (Å²) in [6.07, 6.45) is 2.16. The van der Waals surface area contributed by atoms with Crippen molar-refractivity contribution in [2.45, 2.75) is 40.0 Å². The van der Waals surface area contributed by atoms with Crippen molar-refractivity contribution < 1.29 is 19.5 Å². The van der Waals surface area contributed by atoms with Crippen LogP contribution in [0, 0.1) is 16.2 Å². The molecule has 0 spiro atoms. The maximum atomic E-state index is 13.2. The lowest BCUT2D eigenvalue weighted by molar-refractivity contribution is -0.130. The highest BCUT2D eigenvalue weighted by atomic mass is 16.7. The minimum absolute atomic E-state index is 0.0197. The molecule has 1 amide bonds. The number of amides is 1. The fourth-order valence-corrected chi connectivity index (χ4v) is 4.76. The average molecular weight is 330 g/mol. The van der Waals surface area contributed by atoms with Crippen molar-refractivity contribution in [1.29, 1.82) is 0 Å². The van der Waals surface area contributed by atoms with E-state index >= 15 is 0 Å². The quantitative estimate of drug-likeness (QED) is 0.643. The number of hydrogen-bond donors (Lipinski definition) is 2. The van der Waals surface area contributed by atoms with Gasteiger partial charge in [0.15, 0.2) is 11.5 Å². The summed E-state index contributed by atoms with van der Waals surface area (Å²) >= 11 is 0. The number of oxime groups is 1. The molecular formula is C18H22N2O4. The van der Waals surface area contributed by atoms with Crippen LogP contribution in [0.15, 0.2) is 23.4 Å². The van der Waals surface area contributed by atoms with Gasteiger partial charge in [0.25, 0.3) is 0 Å². The van der Waals surface area contributed by atoms with Crippen molar-refractivity contribution in [3.05, 3.63) is 18.2 Å². The average Bonchev–Trinajstić information content (AvgIpc) is 3.14. The zero-order valence-corrected chi connectivity index (χ0v) is 14.2. The van der Waals surface area contributed by atoms with Gasteiger partial charge in [0.1, 0.15) is 0 Å². The molecule has 6 nitrogen and oxygen atoms in total. The molecule has 0 saturated heterocycles. The first-order valence-corrected chi connectivity index (χ1v) is 8.27. The van der Waals surface area contributed by atoms with E-state index in [2.05, 4.69) is 31.2 Å². The van der Waals surface area contributed by atoms with E-state index in [1.165, 1.54) is 0 Å². The van der Waals surface area contributed by atoms with Crippen LogP contribution in [-0.2, 0) is 4.79 Å². The van der Waals surface area contributed by atoms with Crippen LogP contribution in [0.3, 0.4) is 0 Å². The fourth-order valence-electron chi connectivity index (χ4n) is 4.76. The van der Waals surface area contributed by atoms with E-state index in [0.29, 0.717) is 23.6 Å². The van der Waals surface area contributed by atoms with Gasteiger partial charge in [0, 0.05) is 23.6 Å². The standard InChI is InChI=1S/C18H22N2O4/c1-16(2)17(3)6-7-18(16,9-14(17)20-22)15(21)19-11-4-5-12-13(8-11)24-10-23-12/h4-5,8,22H,6-7,9-10H2,1-3H3,(H,19,21). The van der Waals surface area contributed by atoms with Gasteiger partial charge in [-0.1, -0.05) is 25.9 Å². The molecule has 6 heteroatoms. The van der Waals surface area contributed by atoms with Gasteiger partial charge in [-0.15, -0.1) is 0 Å². The number of nitrogens with zero attached hydrogens (tertiary/aromatic N) is 1. The molecule has 2 bridgehead atoms. The van der Waals surface area contributed by atoms with Gasteiger partial charge in [0.2, 0.25) is 12.7 Å². The summed E-state index contributed by atoms with van der Waals surface area (Å²) in [7, 11) is 0. The Labute approximate surface area is 140 Å². The molecule has 2 saturated carbocycles. The lowest BCUT2D eigenvalue weighted by Crippen LogP contribution is -2.43. The Bertz CT molecular complexity index is 757. The van der Waals surface area contributed by atoms with Gasteiger partial charge in [0.05, 0.1) is 11.1 Å². The second-order valence-corrected chi connectivity index (χ2v) is 7.78. The molecule has 2 unspecified atom stereocenters. The van der Waals surface area contributed by atoms with E-state index in [4.69, 9.17) is 9.47 Å².